The van der Waals surface area contributed by atoms with Gasteiger partial charge in [-0.15, -0.1) is 0 Å². The molecule has 1 aliphatic rings. The predicted octanol–water partition coefficient (Wildman–Crippen LogP) is 3.01. The van der Waals surface area contributed by atoms with E-state index in [1.54, 1.807) is 0 Å². The molecule has 1 aliphatic carbocycles. The molecule has 0 atom stereocenters. The molecule has 0 bridgehead atoms. The Hall–Kier alpha value is -1.60. The summed E-state index contributed by atoms with van der Waals surface area (Å²) in [4.78, 5) is -0.437. The quantitative estimate of drug-likeness (QED) is 0.773. The van der Waals surface area contributed by atoms with Gasteiger partial charge < -0.3 is 9.47 Å². The Morgan fingerprint density at radius 1 is 1.17 bits per heavy atom. The molecular weight excluding hydrogens is 321 g/mol. The van der Waals surface area contributed by atoms with E-state index < -0.39 is 20.7 Å². The van der Waals surface area contributed by atoms with E-state index in [-0.39, 0.29) is 18.0 Å². The van der Waals surface area contributed by atoms with Crippen LogP contribution in [0, 0.1) is 5.82 Å². The molecule has 0 spiro atoms. The fourth-order valence-electron chi connectivity index (χ4n) is 2.60. The molecule has 0 aliphatic heterocycles. The van der Waals surface area contributed by atoms with Crippen molar-refractivity contribution in [3.63, 3.8) is 0 Å². The zero-order chi connectivity index (χ0) is 16.9. The molecule has 7 heteroatoms. The van der Waals surface area contributed by atoms with Gasteiger partial charge in [0.2, 0.25) is 10.0 Å². The standard InChI is InChI=1S/C16H22FNO4S/c1-21-14-10-13(17)16(11-15(14)22-2)23(19,20)18-9-8-12-6-4-3-5-7-12/h6,10-11,18H,3-5,7-9H2,1-2H3. The van der Waals surface area contributed by atoms with E-state index >= 15 is 0 Å². The Morgan fingerprint density at radius 3 is 2.48 bits per heavy atom. The average Bonchev–Trinajstić information content (AvgIpc) is 2.55. The Bertz CT molecular complexity index is 686. The molecule has 128 valence electrons. The minimum absolute atomic E-state index is 0.149. The summed E-state index contributed by atoms with van der Waals surface area (Å²) in [5, 5.41) is 0. The molecular formula is C16H22FNO4S. The van der Waals surface area contributed by atoms with E-state index in [0.717, 1.165) is 31.4 Å². The summed E-state index contributed by atoms with van der Waals surface area (Å²) >= 11 is 0. The van der Waals surface area contributed by atoms with E-state index in [1.807, 2.05) is 0 Å². The third-order valence-corrected chi connectivity index (χ3v) is 5.33. The number of rotatable bonds is 7. The molecule has 23 heavy (non-hydrogen) atoms. The highest BCUT2D eigenvalue weighted by Gasteiger charge is 2.22. The highest BCUT2D eigenvalue weighted by Crippen LogP contribution is 2.31. The van der Waals surface area contributed by atoms with Crippen molar-refractivity contribution < 1.29 is 22.3 Å². The van der Waals surface area contributed by atoms with Gasteiger partial charge in [0.05, 0.1) is 14.2 Å². The second kappa shape index (κ2) is 7.79. The van der Waals surface area contributed by atoms with Gasteiger partial charge in [0.25, 0.3) is 0 Å². The second-order valence-electron chi connectivity index (χ2n) is 5.39. The maximum absolute atomic E-state index is 14.1. The molecule has 0 amide bonds. The van der Waals surface area contributed by atoms with Crippen molar-refractivity contribution in [1.29, 1.82) is 0 Å². The molecule has 5 nitrogen and oxygen atoms in total. The number of methoxy groups -OCH3 is 2. The van der Waals surface area contributed by atoms with Gasteiger partial charge in [-0.2, -0.15) is 0 Å². The van der Waals surface area contributed by atoms with E-state index in [1.165, 1.54) is 26.2 Å². The third-order valence-electron chi connectivity index (χ3n) is 3.85. The van der Waals surface area contributed by atoms with Gasteiger partial charge >= 0.3 is 0 Å². The molecule has 0 unspecified atom stereocenters. The normalized spacial score (nSPS) is 15.2. The van der Waals surface area contributed by atoms with E-state index in [2.05, 4.69) is 10.8 Å². The van der Waals surface area contributed by atoms with Gasteiger partial charge in [-0.1, -0.05) is 11.6 Å². The lowest BCUT2D eigenvalue weighted by Crippen LogP contribution is -2.26. The fourth-order valence-corrected chi connectivity index (χ4v) is 3.70. The Labute approximate surface area is 136 Å². The van der Waals surface area contributed by atoms with Crippen molar-refractivity contribution >= 4 is 10.0 Å². The van der Waals surface area contributed by atoms with E-state index in [0.29, 0.717) is 6.42 Å². The number of hydrogen-bond acceptors (Lipinski definition) is 4. The summed E-state index contributed by atoms with van der Waals surface area (Å²) in [6.45, 7) is 0.252. The molecule has 1 aromatic carbocycles. The van der Waals surface area contributed by atoms with Gasteiger partial charge in [-0.05, 0) is 32.1 Å². The van der Waals surface area contributed by atoms with Crippen LogP contribution in [0.15, 0.2) is 28.7 Å². The molecule has 1 aromatic rings. The Balaban J connectivity index is 2.11. The highest BCUT2D eigenvalue weighted by atomic mass is 32.2. The summed E-state index contributed by atoms with van der Waals surface area (Å²) in [5.74, 6) is -0.549. The number of ether oxygens (including phenoxy) is 2. The van der Waals surface area contributed by atoms with Crippen LogP contribution in [0.2, 0.25) is 0 Å². The summed E-state index contributed by atoms with van der Waals surface area (Å²) < 4.78 is 51.1. The number of nitrogens with one attached hydrogen (secondary N) is 1. The van der Waals surface area contributed by atoms with Crippen LogP contribution in [-0.2, 0) is 10.0 Å². The van der Waals surface area contributed by atoms with Crippen molar-refractivity contribution in [2.75, 3.05) is 20.8 Å². The van der Waals surface area contributed by atoms with Crippen LogP contribution >= 0.6 is 0 Å². The predicted molar refractivity (Wildman–Crippen MR) is 85.9 cm³/mol. The smallest absolute Gasteiger partial charge is 0.243 e. The van der Waals surface area contributed by atoms with Gasteiger partial charge in [0, 0.05) is 18.7 Å². The van der Waals surface area contributed by atoms with Crippen LogP contribution in [0.3, 0.4) is 0 Å². The molecule has 0 saturated heterocycles. The van der Waals surface area contributed by atoms with Crippen molar-refractivity contribution in [3.8, 4) is 11.5 Å². The van der Waals surface area contributed by atoms with Crippen LogP contribution < -0.4 is 14.2 Å². The SMILES string of the molecule is COc1cc(F)c(S(=O)(=O)NCCC2=CCCCC2)cc1OC. The van der Waals surface area contributed by atoms with Crippen LogP contribution in [0.4, 0.5) is 4.39 Å². The van der Waals surface area contributed by atoms with Crippen molar-refractivity contribution in [2.24, 2.45) is 0 Å². The Morgan fingerprint density at radius 2 is 1.87 bits per heavy atom. The zero-order valence-corrected chi connectivity index (χ0v) is 14.2. The number of benzene rings is 1. The van der Waals surface area contributed by atoms with Gasteiger partial charge in [0.1, 0.15) is 10.7 Å². The molecule has 0 saturated carbocycles. The first-order valence-electron chi connectivity index (χ1n) is 7.57. The lowest BCUT2D eigenvalue weighted by atomic mass is 9.97. The number of halogens is 1. The number of allylic oxidation sites excluding steroid dienone is 1. The van der Waals surface area contributed by atoms with Crippen molar-refractivity contribution in [1.82, 2.24) is 4.72 Å². The fraction of sp³-hybridized carbons (Fsp3) is 0.500. The monoisotopic (exact) mass is 343 g/mol. The first kappa shape index (κ1) is 17.7. The Kier molecular flexibility index (Phi) is 6.01. The van der Waals surface area contributed by atoms with E-state index in [4.69, 9.17) is 9.47 Å². The van der Waals surface area contributed by atoms with E-state index in [9.17, 15) is 12.8 Å². The maximum Gasteiger partial charge on any atom is 0.243 e. The second-order valence-corrected chi connectivity index (χ2v) is 7.13. The largest absolute Gasteiger partial charge is 0.493 e. The maximum atomic E-state index is 14.1. The van der Waals surface area contributed by atoms with Crippen LogP contribution in [0.1, 0.15) is 32.1 Å². The first-order valence-corrected chi connectivity index (χ1v) is 9.05. The third kappa shape index (κ3) is 4.45. The minimum atomic E-state index is -3.94. The van der Waals surface area contributed by atoms with Crippen molar-refractivity contribution in [2.45, 2.75) is 37.0 Å². The molecule has 2 rings (SSSR count). The van der Waals surface area contributed by atoms with Gasteiger partial charge in [-0.3, -0.25) is 0 Å². The molecule has 1 N–H and O–H groups in total. The molecule has 0 aromatic heterocycles. The number of sulfonamides is 1. The van der Waals surface area contributed by atoms with Crippen molar-refractivity contribution in [3.05, 3.63) is 29.6 Å². The summed E-state index contributed by atoms with van der Waals surface area (Å²) in [6.07, 6.45) is 7.19. The van der Waals surface area contributed by atoms with Crippen LogP contribution in [0.25, 0.3) is 0 Å². The number of hydrogen-bond donors (Lipinski definition) is 1. The minimum Gasteiger partial charge on any atom is -0.493 e. The first-order chi connectivity index (χ1) is 11.0. The lowest BCUT2D eigenvalue weighted by Gasteiger charge is -2.14. The van der Waals surface area contributed by atoms with Gasteiger partial charge in [0.15, 0.2) is 11.5 Å². The van der Waals surface area contributed by atoms with Gasteiger partial charge in [-0.25, -0.2) is 17.5 Å². The molecule has 0 heterocycles. The lowest BCUT2D eigenvalue weighted by molar-refractivity contribution is 0.350. The average molecular weight is 343 g/mol. The summed E-state index contributed by atoms with van der Waals surface area (Å²) in [6, 6.07) is 2.15. The molecule has 0 radical (unpaired) electrons. The van der Waals surface area contributed by atoms with Crippen LogP contribution in [0.5, 0.6) is 11.5 Å². The summed E-state index contributed by atoms with van der Waals surface area (Å²) in [7, 11) is -1.20. The molecule has 0 fully saturated rings. The topological polar surface area (TPSA) is 64.6 Å². The highest BCUT2D eigenvalue weighted by molar-refractivity contribution is 7.89. The summed E-state index contributed by atoms with van der Waals surface area (Å²) in [5.41, 5.74) is 1.26. The van der Waals surface area contributed by atoms with Crippen LogP contribution in [-0.4, -0.2) is 29.2 Å². The zero-order valence-electron chi connectivity index (χ0n) is 13.4.